The average Bonchev–Trinajstić information content (AvgIpc) is 3.00. The fourth-order valence-electron chi connectivity index (χ4n) is 6.70. The second kappa shape index (κ2) is 6.76. The van der Waals surface area contributed by atoms with Gasteiger partial charge in [0.05, 0.1) is 0 Å². The molecule has 0 aliphatic heterocycles. The molecule has 0 aromatic heterocycles. The zero-order chi connectivity index (χ0) is 20.3. The first-order valence-corrected chi connectivity index (χ1v) is 11.4. The number of hydrogen-bond donors (Lipinski definition) is 0. The molecule has 5 rings (SSSR count). The minimum Gasteiger partial charge on any atom is -0.457 e. The molecule has 2 fully saturated rings. The molecule has 3 aliphatic carbocycles. The van der Waals surface area contributed by atoms with E-state index in [0.717, 1.165) is 29.3 Å². The van der Waals surface area contributed by atoms with Gasteiger partial charge in [0.15, 0.2) is 0 Å². The van der Waals surface area contributed by atoms with Crippen LogP contribution in [0.3, 0.4) is 0 Å². The number of ether oxygens (including phenoxy) is 1. The van der Waals surface area contributed by atoms with Gasteiger partial charge in [0.1, 0.15) is 11.5 Å². The summed E-state index contributed by atoms with van der Waals surface area (Å²) in [5.41, 5.74) is 8.87. The number of rotatable bonds is 2. The molecule has 4 unspecified atom stereocenters. The van der Waals surface area contributed by atoms with E-state index in [9.17, 15) is 0 Å². The summed E-state index contributed by atoms with van der Waals surface area (Å²) in [6, 6.07) is 11.3. The Labute approximate surface area is 176 Å². The lowest BCUT2D eigenvalue weighted by molar-refractivity contribution is 0.0816. The third-order valence-electron chi connectivity index (χ3n) is 8.67. The highest BCUT2D eigenvalue weighted by molar-refractivity contribution is 5.46. The summed E-state index contributed by atoms with van der Waals surface area (Å²) >= 11 is 0. The third kappa shape index (κ3) is 2.97. The first kappa shape index (κ1) is 19.0. The van der Waals surface area contributed by atoms with Crippen LogP contribution in [-0.2, 0) is 6.42 Å². The maximum absolute atomic E-state index is 6.33. The van der Waals surface area contributed by atoms with Gasteiger partial charge in [-0.1, -0.05) is 31.2 Å². The Balaban J connectivity index is 1.42. The van der Waals surface area contributed by atoms with Crippen molar-refractivity contribution in [2.45, 2.75) is 72.1 Å². The van der Waals surface area contributed by atoms with Crippen molar-refractivity contribution in [3.63, 3.8) is 0 Å². The number of allylic oxidation sites excluding steroid dienone is 1. The largest absolute Gasteiger partial charge is 0.457 e. The Hall–Kier alpha value is -2.02. The number of hydrogen-bond acceptors (Lipinski definition) is 1. The first-order chi connectivity index (χ1) is 13.9. The van der Waals surface area contributed by atoms with Crippen molar-refractivity contribution in [1.29, 1.82) is 0 Å². The molecule has 1 heteroatoms. The van der Waals surface area contributed by atoms with Crippen LogP contribution in [0.15, 0.2) is 42.5 Å². The highest BCUT2D eigenvalue weighted by atomic mass is 16.5. The number of benzene rings is 2. The maximum atomic E-state index is 6.33. The SMILES string of the molecule is C=C1CCC2C3CCc4cc(Oc5cc(C)c(C)cc5C)ccc4C3CCC12C. The minimum atomic E-state index is 0.405. The molecule has 1 nitrogen and oxygen atoms in total. The summed E-state index contributed by atoms with van der Waals surface area (Å²) in [4.78, 5) is 0. The topological polar surface area (TPSA) is 9.23 Å². The zero-order valence-corrected chi connectivity index (χ0v) is 18.5. The number of fused-ring (bicyclic) bond motifs is 5. The molecule has 29 heavy (non-hydrogen) atoms. The highest BCUT2D eigenvalue weighted by Crippen LogP contribution is 2.62. The van der Waals surface area contributed by atoms with Crippen LogP contribution < -0.4 is 4.74 Å². The average molecular weight is 387 g/mol. The molecule has 0 saturated heterocycles. The van der Waals surface area contributed by atoms with Crippen molar-refractivity contribution in [1.82, 2.24) is 0 Å². The Morgan fingerprint density at radius 3 is 2.55 bits per heavy atom. The molecule has 2 saturated carbocycles. The molecule has 0 radical (unpaired) electrons. The second-order valence-corrected chi connectivity index (χ2v) is 10.2. The number of aryl methyl sites for hydroxylation is 4. The Morgan fingerprint density at radius 1 is 0.931 bits per heavy atom. The van der Waals surface area contributed by atoms with Gasteiger partial charge in [-0.2, -0.15) is 0 Å². The van der Waals surface area contributed by atoms with Gasteiger partial charge < -0.3 is 4.74 Å². The van der Waals surface area contributed by atoms with Crippen molar-refractivity contribution in [2.24, 2.45) is 17.3 Å². The Bertz CT molecular complexity index is 984. The van der Waals surface area contributed by atoms with Gasteiger partial charge in [0.25, 0.3) is 0 Å². The predicted octanol–water partition coefficient (Wildman–Crippen LogP) is 7.82. The first-order valence-electron chi connectivity index (χ1n) is 11.4. The van der Waals surface area contributed by atoms with Crippen molar-refractivity contribution >= 4 is 0 Å². The van der Waals surface area contributed by atoms with Gasteiger partial charge >= 0.3 is 0 Å². The lowest BCUT2D eigenvalue weighted by atomic mass is 9.55. The maximum Gasteiger partial charge on any atom is 0.130 e. The van der Waals surface area contributed by atoms with Crippen LogP contribution in [0.25, 0.3) is 0 Å². The van der Waals surface area contributed by atoms with Crippen LogP contribution in [0.1, 0.15) is 72.8 Å². The molecule has 152 valence electrons. The second-order valence-electron chi connectivity index (χ2n) is 10.2. The minimum absolute atomic E-state index is 0.405. The lowest BCUT2D eigenvalue weighted by Gasteiger charge is -2.49. The zero-order valence-electron chi connectivity index (χ0n) is 18.5. The summed E-state index contributed by atoms with van der Waals surface area (Å²) in [6.07, 6.45) is 7.77. The van der Waals surface area contributed by atoms with Crippen LogP contribution in [0.2, 0.25) is 0 Å². The highest BCUT2D eigenvalue weighted by Gasteiger charge is 2.51. The van der Waals surface area contributed by atoms with Gasteiger partial charge in [-0.25, -0.2) is 0 Å². The Morgan fingerprint density at radius 2 is 1.72 bits per heavy atom. The van der Waals surface area contributed by atoms with Crippen LogP contribution in [0, 0.1) is 38.0 Å². The normalized spacial score (nSPS) is 30.5. The molecular formula is C28H34O. The van der Waals surface area contributed by atoms with E-state index in [4.69, 9.17) is 4.74 Å². The summed E-state index contributed by atoms with van der Waals surface area (Å²) in [6.45, 7) is 13.4. The fourth-order valence-corrected chi connectivity index (χ4v) is 6.70. The van der Waals surface area contributed by atoms with Gasteiger partial charge in [-0.15, -0.1) is 0 Å². The summed E-state index contributed by atoms with van der Waals surface area (Å²) in [5, 5.41) is 0. The molecule has 0 amide bonds. The fraction of sp³-hybridized carbons (Fsp3) is 0.500. The van der Waals surface area contributed by atoms with Crippen LogP contribution >= 0.6 is 0 Å². The third-order valence-corrected chi connectivity index (χ3v) is 8.67. The molecule has 0 N–H and O–H groups in total. The smallest absolute Gasteiger partial charge is 0.130 e. The van der Waals surface area contributed by atoms with Crippen LogP contribution in [-0.4, -0.2) is 0 Å². The van der Waals surface area contributed by atoms with E-state index < -0.39 is 0 Å². The molecule has 2 aromatic carbocycles. The quantitative estimate of drug-likeness (QED) is 0.478. The van der Waals surface area contributed by atoms with Crippen LogP contribution in [0.5, 0.6) is 11.5 Å². The molecule has 0 bridgehead atoms. The lowest BCUT2D eigenvalue weighted by Crippen LogP contribution is -2.40. The van der Waals surface area contributed by atoms with E-state index >= 15 is 0 Å². The van der Waals surface area contributed by atoms with E-state index in [1.165, 1.54) is 66.4 Å². The van der Waals surface area contributed by atoms with E-state index in [1.54, 1.807) is 5.56 Å². The summed E-state index contributed by atoms with van der Waals surface area (Å²) in [5.74, 6) is 4.40. The standard InChI is InChI=1S/C28H34O/c1-17-14-19(3)27(15-18(17)2)29-22-8-10-23-21(16-22)7-9-25-24(23)12-13-28(5)20(4)6-11-26(25)28/h8,10,14-16,24-26H,4,6-7,9,11-13H2,1-3,5H3. The van der Waals surface area contributed by atoms with Gasteiger partial charge in [0.2, 0.25) is 0 Å². The van der Waals surface area contributed by atoms with E-state index in [2.05, 4.69) is 64.6 Å². The molecule has 2 aromatic rings. The van der Waals surface area contributed by atoms with Crippen molar-refractivity contribution < 1.29 is 4.74 Å². The Kier molecular flexibility index (Phi) is 4.42. The van der Waals surface area contributed by atoms with E-state index in [0.29, 0.717) is 5.41 Å². The van der Waals surface area contributed by atoms with Crippen LogP contribution in [0.4, 0.5) is 0 Å². The molecular weight excluding hydrogens is 352 g/mol. The molecule has 3 aliphatic rings. The molecule has 0 spiro atoms. The van der Waals surface area contributed by atoms with Gasteiger partial charge in [-0.05, 0) is 128 Å². The summed E-state index contributed by atoms with van der Waals surface area (Å²) in [7, 11) is 0. The van der Waals surface area contributed by atoms with E-state index in [-0.39, 0.29) is 0 Å². The molecule has 4 atom stereocenters. The van der Waals surface area contributed by atoms with Gasteiger partial charge in [0, 0.05) is 0 Å². The monoisotopic (exact) mass is 386 g/mol. The van der Waals surface area contributed by atoms with E-state index in [1.807, 2.05) is 0 Å². The molecule has 0 heterocycles. The van der Waals surface area contributed by atoms with Gasteiger partial charge in [-0.3, -0.25) is 0 Å². The summed E-state index contributed by atoms with van der Waals surface area (Å²) < 4.78 is 6.33. The van der Waals surface area contributed by atoms with Crippen molar-refractivity contribution in [3.05, 3.63) is 70.3 Å². The van der Waals surface area contributed by atoms with Crippen molar-refractivity contribution in [3.8, 4) is 11.5 Å². The van der Waals surface area contributed by atoms with Crippen molar-refractivity contribution in [2.75, 3.05) is 0 Å². The predicted molar refractivity (Wildman–Crippen MR) is 121 cm³/mol.